The van der Waals surface area contributed by atoms with Crippen LogP contribution in [0.25, 0.3) is 0 Å². The lowest BCUT2D eigenvalue weighted by Crippen LogP contribution is -1.96. The first kappa shape index (κ1) is 10.9. The van der Waals surface area contributed by atoms with Gasteiger partial charge in [0, 0.05) is 6.20 Å². The van der Waals surface area contributed by atoms with Crippen molar-refractivity contribution in [2.45, 2.75) is 6.10 Å². The zero-order valence-electron chi connectivity index (χ0n) is 7.52. The Hall–Kier alpha value is -0.610. The van der Waals surface area contributed by atoms with E-state index in [9.17, 15) is 5.11 Å². The maximum Gasteiger partial charge on any atom is 0.115 e. The van der Waals surface area contributed by atoms with Gasteiger partial charge in [-0.3, -0.25) is 4.98 Å². The molecule has 0 saturated carbocycles. The molecule has 0 aliphatic heterocycles. The molecule has 1 aromatic heterocycles. The predicted molar refractivity (Wildman–Crippen MR) is 62.6 cm³/mol. The minimum Gasteiger partial charge on any atom is -0.383 e. The van der Waals surface area contributed by atoms with Crippen LogP contribution in [0.15, 0.2) is 29.9 Å². The molecule has 0 spiro atoms. The highest BCUT2D eigenvalue weighted by Gasteiger charge is 2.12. The lowest BCUT2D eigenvalue weighted by atomic mass is 10.1. The predicted octanol–water partition coefficient (Wildman–Crippen LogP) is 3.53. The molecule has 0 aliphatic rings. The number of aliphatic hydroxyl groups is 1. The number of rotatable bonds is 2. The smallest absolute Gasteiger partial charge is 0.115 e. The maximum atomic E-state index is 9.96. The van der Waals surface area contributed by atoms with E-state index >= 15 is 0 Å². The highest BCUT2D eigenvalue weighted by atomic mass is 35.5. The van der Waals surface area contributed by atoms with Crippen LogP contribution in [0.2, 0.25) is 10.0 Å². The number of halogens is 2. The summed E-state index contributed by atoms with van der Waals surface area (Å²) in [6, 6.07) is 5.08. The molecular formula is C10H7Cl2NOS. The largest absolute Gasteiger partial charge is 0.383 e. The van der Waals surface area contributed by atoms with Crippen molar-refractivity contribution in [3.63, 3.8) is 0 Å². The Morgan fingerprint density at radius 3 is 2.67 bits per heavy atom. The number of hydrogen-bond donors (Lipinski definition) is 1. The van der Waals surface area contributed by atoms with E-state index in [1.54, 1.807) is 29.9 Å². The van der Waals surface area contributed by atoms with E-state index in [0.717, 1.165) is 4.88 Å². The summed E-state index contributed by atoms with van der Waals surface area (Å²) in [5.74, 6) is 0. The minimum atomic E-state index is -0.688. The Morgan fingerprint density at radius 1 is 1.27 bits per heavy atom. The SMILES string of the molecule is OC(c1ccc(Cl)c(Cl)c1)c1cncs1. The van der Waals surface area contributed by atoms with Gasteiger partial charge in [-0.1, -0.05) is 29.3 Å². The monoisotopic (exact) mass is 259 g/mol. The average molecular weight is 260 g/mol. The van der Waals surface area contributed by atoms with E-state index in [-0.39, 0.29) is 0 Å². The van der Waals surface area contributed by atoms with Gasteiger partial charge >= 0.3 is 0 Å². The van der Waals surface area contributed by atoms with E-state index in [4.69, 9.17) is 23.2 Å². The van der Waals surface area contributed by atoms with Gasteiger partial charge in [0.05, 0.1) is 20.4 Å². The standard InChI is InChI=1S/C10H7Cl2NOS/c11-7-2-1-6(3-8(7)12)10(14)9-4-13-5-15-9/h1-5,10,14H. The van der Waals surface area contributed by atoms with Gasteiger partial charge in [0.1, 0.15) is 6.10 Å². The normalized spacial score (nSPS) is 12.7. The fourth-order valence-corrected chi connectivity index (χ4v) is 2.14. The second kappa shape index (κ2) is 4.49. The molecule has 5 heteroatoms. The van der Waals surface area contributed by atoms with Crippen LogP contribution >= 0.6 is 34.5 Å². The summed E-state index contributed by atoms with van der Waals surface area (Å²) in [6.07, 6.45) is 0.949. The first-order chi connectivity index (χ1) is 7.18. The van der Waals surface area contributed by atoms with Crippen LogP contribution in [-0.4, -0.2) is 10.1 Å². The van der Waals surface area contributed by atoms with Gasteiger partial charge in [-0.05, 0) is 17.7 Å². The number of aliphatic hydroxyl groups excluding tert-OH is 1. The van der Waals surface area contributed by atoms with Gasteiger partial charge in [0.25, 0.3) is 0 Å². The van der Waals surface area contributed by atoms with Gasteiger partial charge in [-0.25, -0.2) is 0 Å². The Balaban J connectivity index is 2.34. The van der Waals surface area contributed by atoms with Gasteiger partial charge in [-0.2, -0.15) is 0 Å². The number of nitrogens with zero attached hydrogens (tertiary/aromatic N) is 1. The second-order valence-corrected chi connectivity index (χ2v) is 4.71. The molecule has 0 radical (unpaired) electrons. The summed E-state index contributed by atoms with van der Waals surface area (Å²) in [5, 5.41) is 10.9. The average Bonchev–Trinajstić information content (AvgIpc) is 2.74. The zero-order chi connectivity index (χ0) is 10.8. The fourth-order valence-electron chi connectivity index (χ4n) is 1.21. The van der Waals surface area contributed by atoms with Gasteiger partial charge in [-0.15, -0.1) is 11.3 Å². The summed E-state index contributed by atoms with van der Waals surface area (Å²) in [6.45, 7) is 0. The van der Waals surface area contributed by atoms with E-state index < -0.39 is 6.10 Å². The molecule has 1 N–H and O–H groups in total. The molecular weight excluding hydrogens is 253 g/mol. The number of aromatic nitrogens is 1. The summed E-state index contributed by atoms with van der Waals surface area (Å²) in [7, 11) is 0. The molecule has 1 heterocycles. The molecule has 1 unspecified atom stereocenters. The summed E-state index contributed by atoms with van der Waals surface area (Å²) in [5.41, 5.74) is 2.39. The molecule has 0 bridgehead atoms. The van der Waals surface area contributed by atoms with Gasteiger partial charge in [0.2, 0.25) is 0 Å². The van der Waals surface area contributed by atoms with Crippen molar-refractivity contribution in [3.8, 4) is 0 Å². The van der Waals surface area contributed by atoms with Crippen molar-refractivity contribution in [1.29, 1.82) is 0 Å². The van der Waals surface area contributed by atoms with Gasteiger partial charge < -0.3 is 5.11 Å². The van der Waals surface area contributed by atoms with Crippen LogP contribution in [0, 0.1) is 0 Å². The lowest BCUT2D eigenvalue weighted by molar-refractivity contribution is 0.224. The maximum absolute atomic E-state index is 9.96. The van der Waals surface area contributed by atoms with Crippen molar-refractivity contribution >= 4 is 34.5 Å². The molecule has 0 fully saturated rings. The third kappa shape index (κ3) is 2.32. The first-order valence-corrected chi connectivity index (χ1v) is 5.83. The van der Waals surface area contributed by atoms with Crippen molar-refractivity contribution in [2.75, 3.05) is 0 Å². The van der Waals surface area contributed by atoms with Gasteiger partial charge in [0.15, 0.2) is 0 Å². The molecule has 0 aliphatic carbocycles. The minimum absolute atomic E-state index is 0.442. The second-order valence-electron chi connectivity index (χ2n) is 2.98. The highest BCUT2D eigenvalue weighted by Crippen LogP contribution is 2.29. The zero-order valence-corrected chi connectivity index (χ0v) is 9.85. The van der Waals surface area contributed by atoms with E-state index in [0.29, 0.717) is 15.6 Å². The number of hydrogen-bond acceptors (Lipinski definition) is 3. The molecule has 0 amide bonds. The van der Waals surface area contributed by atoms with Crippen LogP contribution in [0.5, 0.6) is 0 Å². The van der Waals surface area contributed by atoms with Crippen molar-refractivity contribution < 1.29 is 5.11 Å². The Bertz CT molecular complexity index is 458. The molecule has 78 valence electrons. The summed E-state index contributed by atoms with van der Waals surface area (Å²) in [4.78, 5) is 4.69. The number of benzene rings is 1. The fraction of sp³-hybridized carbons (Fsp3) is 0.100. The first-order valence-electron chi connectivity index (χ1n) is 4.20. The number of thiazole rings is 1. The third-order valence-corrected chi connectivity index (χ3v) is 3.55. The Morgan fingerprint density at radius 2 is 2.07 bits per heavy atom. The van der Waals surface area contributed by atoms with E-state index in [1.165, 1.54) is 11.3 Å². The molecule has 2 nitrogen and oxygen atoms in total. The molecule has 2 aromatic rings. The van der Waals surface area contributed by atoms with Crippen LogP contribution in [0.4, 0.5) is 0 Å². The molecule has 15 heavy (non-hydrogen) atoms. The van der Waals surface area contributed by atoms with Crippen LogP contribution in [0.1, 0.15) is 16.5 Å². The highest BCUT2D eigenvalue weighted by molar-refractivity contribution is 7.09. The molecule has 2 rings (SSSR count). The Kier molecular flexibility index (Phi) is 3.26. The molecule has 0 saturated heterocycles. The lowest BCUT2D eigenvalue weighted by Gasteiger charge is -2.08. The van der Waals surface area contributed by atoms with E-state index in [1.807, 2.05) is 0 Å². The molecule has 1 atom stereocenters. The third-order valence-electron chi connectivity index (χ3n) is 1.98. The van der Waals surface area contributed by atoms with Crippen molar-refractivity contribution in [1.82, 2.24) is 4.98 Å². The van der Waals surface area contributed by atoms with Crippen molar-refractivity contribution in [2.24, 2.45) is 0 Å². The van der Waals surface area contributed by atoms with E-state index in [2.05, 4.69) is 4.98 Å². The van der Waals surface area contributed by atoms with Crippen LogP contribution in [-0.2, 0) is 0 Å². The van der Waals surface area contributed by atoms with Crippen molar-refractivity contribution in [3.05, 3.63) is 50.4 Å². The Labute approximate surface area is 101 Å². The summed E-state index contributed by atoms with van der Waals surface area (Å²) >= 11 is 13.0. The van der Waals surface area contributed by atoms with Crippen LogP contribution < -0.4 is 0 Å². The summed E-state index contributed by atoms with van der Waals surface area (Å²) < 4.78 is 0. The topological polar surface area (TPSA) is 33.1 Å². The quantitative estimate of drug-likeness (QED) is 0.895. The van der Waals surface area contributed by atoms with Crippen LogP contribution in [0.3, 0.4) is 0 Å². The molecule has 1 aromatic carbocycles.